The van der Waals surface area contributed by atoms with E-state index in [-0.39, 0.29) is 11.3 Å². The highest BCUT2D eigenvalue weighted by molar-refractivity contribution is 5.83. The number of aliphatic hydroxyl groups is 1. The van der Waals surface area contributed by atoms with Crippen LogP contribution >= 0.6 is 0 Å². The lowest BCUT2D eigenvalue weighted by Crippen LogP contribution is -2.60. The number of ether oxygens (including phenoxy) is 1. The number of nitrogens with one attached hydrogen (secondary N) is 1. The zero-order valence-corrected chi connectivity index (χ0v) is 14.4. The van der Waals surface area contributed by atoms with Crippen molar-refractivity contribution in [2.45, 2.75) is 50.5 Å². The quantitative estimate of drug-likeness (QED) is 0.873. The first-order chi connectivity index (χ1) is 11.5. The van der Waals surface area contributed by atoms with Crippen LogP contribution in [-0.2, 0) is 11.2 Å². The third kappa shape index (κ3) is 2.71. The van der Waals surface area contributed by atoms with Crippen LogP contribution in [-0.4, -0.2) is 30.3 Å². The molecule has 1 amide bonds. The Morgan fingerprint density at radius 3 is 2.62 bits per heavy atom. The summed E-state index contributed by atoms with van der Waals surface area (Å²) in [6.45, 7) is 0.620. The first-order valence-electron chi connectivity index (χ1n) is 9.15. The average Bonchev–Trinajstić information content (AvgIpc) is 2.53. The van der Waals surface area contributed by atoms with E-state index in [4.69, 9.17) is 4.74 Å². The maximum Gasteiger partial charge on any atom is 0.226 e. The van der Waals surface area contributed by atoms with Crippen LogP contribution < -0.4 is 10.1 Å². The number of amides is 1. The van der Waals surface area contributed by atoms with Crippen molar-refractivity contribution >= 4 is 5.91 Å². The van der Waals surface area contributed by atoms with Gasteiger partial charge in [-0.1, -0.05) is 18.2 Å². The van der Waals surface area contributed by atoms with E-state index in [0.717, 1.165) is 43.4 Å². The van der Waals surface area contributed by atoms with Gasteiger partial charge in [-0.3, -0.25) is 4.79 Å². The number of rotatable bonds is 5. The van der Waals surface area contributed by atoms with Gasteiger partial charge in [0, 0.05) is 6.54 Å². The maximum absolute atomic E-state index is 12.9. The van der Waals surface area contributed by atoms with Crippen LogP contribution in [0.3, 0.4) is 0 Å². The third-order valence-electron chi connectivity index (χ3n) is 6.38. The molecule has 4 aliphatic carbocycles. The third-order valence-corrected chi connectivity index (χ3v) is 6.38. The van der Waals surface area contributed by atoms with E-state index in [1.165, 1.54) is 6.42 Å². The molecule has 4 heteroatoms. The van der Waals surface area contributed by atoms with Crippen molar-refractivity contribution in [3.8, 4) is 5.75 Å². The van der Waals surface area contributed by atoms with Crippen molar-refractivity contribution in [1.82, 2.24) is 5.32 Å². The van der Waals surface area contributed by atoms with Gasteiger partial charge in [0.25, 0.3) is 0 Å². The van der Waals surface area contributed by atoms with E-state index in [1.54, 1.807) is 7.11 Å². The van der Waals surface area contributed by atoms with E-state index in [2.05, 4.69) is 5.32 Å². The fraction of sp³-hybridized carbons (Fsp3) is 0.650. The summed E-state index contributed by atoms with van der Waals surface area (Å²) in [5.41, 5.74) is 0.216. The van der Waals surface area contributed by atoms with Crippen LogP contribution in [0.25, 0.3) is 0 Å². The van der Waals surface area contributed by atoms with Crippen LogP contribution in [0.5, 0.6) is 5.75 Å². The average molecular weight is 329 g/mol. The highest BCUT2D eigenvalue weighted by Crippen LogP contribution is 2.61. The van der Waals surface area contributed by atoms with Crippen molar-refractivity contribution in [3.05, 3.63) is 29.8 Å². The number of carbonyl (C=O) groups excluding carboxylic acids is 1. The Morgan fingerprint density at radius 2 is 1.96 bits per heavy atom. The van der Waals surface area contributed by atoms with Crippen molar-refractivity contribution in [3.63, 3.8) is 0 Å². The van der Waals surface area contributed by atoms with Crippen LogP contribution in [0.2, 0.25) is 0 Å². The van der Waals surface area contributed by atoms with Gasteiger partial charge in [-0.2, -0.15) is 0 Å². The molecule has 1 aromatic carbocycles. The van der Waals surface area contributed by atoms with E-state index < -0.39 is 5.60 Å². The van der Waals surface area contributed by atoms with E-state index in [0.29, 0.717) is 24.8 Å². The largest absolute Gasteiger partial charge is 0.496 e. The topological polar surface area (TPSA) is 58.6 Å². The molecule has 4 fully saturated rings. The minimum Gasteiger partial charge on any atom is -0.496 e. The minimum atomic E-state index is -0.579. The smallest absolute Gasteiger partial charge is 0.226 e. The van der Waals surface area contributed by atoms with Crippen LogP contribution in [0.15, 0.2) is 24.3 Å². The fourth-order valence-corrected chi connectivity index (χ4v) is 5.89. The molecule has 24 heavy (non-hydrogen) atoms. The molecule has 2 N–H and O–H groups in total. The molecule has 0 spiro atoms. The second-order valence-corrected chi connectivity index (χ2v) is 8.28. The summed E-state index contributed by atoms with van der Waals surface area (Å²) in [7, 11) is 1.67. The van der Waals surface area contributed by atoms with E-state index in [1.807, 2.05) is 24.3 Å². The molecule has 5 rings (SSSR count). The van der Waals surface area contributed by atoms with Gasteiger partial charge >= 0.3 is 0 Å². The molecular weight excluding hydrogens is 302 g/mol. The number of hydrogen-bond acceptors (Lipinski definition) is 3. The monoisotopic (exact) mass is 329 g/mol. The highest BCUT2D eigenvalue weighted by Gasteiger charge is 2.59. The highest BCUT2D eigenvalue weighted by atomic mass is 16.5. The van der Waals surface area contributed by atoms with Crippen molar-refractivity contribution < 1.29 is 14.6 Å². The normalized spacial score (nSPS) is 36.6. The Bertz CT molecular complexity index is 628. The first-order valence-corrected chi connectivity index (χ1v) is 9.15. The van der Waals surface area contributed by atoms with Crippen molar-refractivity contribution in [2.75, 3.05) is 13.7 Å². The number of benzene rings is 1. The molecular formula is C20H27NO3. The molecule has 0 heterocycles. The van der Waals surface area contributed by atoms with Gasteiger partial charge in [-0.25, -0.2) is 0 Å². The molecule has 4 saturated carbocycles. The second kappa shape index (κ2) is 5.76. The Hall–Kier alpha value is -1.55. The predicted molar refractivity (Wildman–Crippen MR) is 91.8 cm³/mol. The Morgan fingerprint density at radius 1 is 1.25 bits per heavy atom. The lowest BCUT2D eigenvalue weighted by atomic mass is 9.47. The summed E-state index contributed by atoms with van der Waals surface area (Å²) in [6.07, 6.45) is 6.37. The summed E-state index contributed by atoms with van der Waals surface area (Å²) >= 11 is 0. The summed E-state index contributed by atoms with van der Waals surface area (Å²) in [5.74, 6) is 2.10. The van der Waals surface area contributed by atoms with Crippen molar-refractivity contribution in [1.29, 1.82) is 0 Å². The molecule has 4 nitrogen and oxygen atoms in total. The molecule has 2 atom stereocenters. The van der Waals surface area contributed by atoms with Crippen molar-refractivity contribution in [2.24, 2.45) is 17.3 Å². The fourth-order valence-electron chi connectivity index (χ4n) is 5.89. The summed E-state index contributed by atoms with van der Waals surface area (Å²) < 4.78 is 5.37. The van der Waals surface area contributed by atoms with Crippen LogP contribution in [0.1, 0.15) is 44.1 Å². The zero-order valence-electron chi connectivity index (χ0n) is 14.4. The standard InChI is InChI=1S/C20H27NO3/c1-24-17-5-3-2-4-16(17)6-7-21-18(22)19-9-14-8-15(10-19)12-20(23,11-14)13-19/h2-5,14-15,23H,6-13H2,1H3,(H,21,22)/t14-,15-,19?,20?/m1/s1. The van der Waals surface area contributed by atoms with Gasteiger partial charge in [-0.05, 0) is 68.4 Å². The number of hydrogen-bond donors (Lipinski definition) is 2. The molecule has 0 radical (unpaired) electrons. The number of methoxy groups -OCH3 is 1. The molecule has 0 unspecified atom stereocenters. The minimum absolute atomic E-state index is 0.157. The van der Waals surface area contributed by atoms with E-state index in [9.17, 15) is 9.90 Å². The van der Waals surface area contributed by atoms with Gasteiger partial charge in [0.05, 0.1) is 18.1 Å². The zero-order chi connectivity index (χ0) is 16.8. The maximum atomic E-state index is 12.9. The lowest BCUT2D eigenvalue weighted by molar-refractivity contribution is -0.178. The first kappa shape index (κ1) is 15.9. The molecule has 0 aliphatic heterocycles. The molecule has 130 valence electrons. The summed E-state index contributed by atoms with van der Waals surface area (Å²) in [6, 6.07) is 7.94. The predicted octanol–water partition coefficient (Wildman–Crippen LogP) is 2.69. The summed E-state index contributed by atoms with van der Waals surface area (Å²) in [4.78, 5) is 12.9. The van der Waals surface area contributed by atoms with Gasteiger partial charge in [0.1, 0.15) is 5.75 Å². The van der Waals surface area contributed by atoms with Crippen LogP contribution in [0.4, 0.5) is 0 Å². The molecule has 0 saturated heterocycles. The number of para-hydroxylation sites is 1. The Labute approximate surface area is 143 Å². The molecule has 1 aromatic rings. The molecule has 0 aromatic heterocycles. The lowest BCUT2D eigenvalue weighted by Gasteiger charge is -2.59. The summed E-state index contributed by atoms with van der Waals surface area (Å²) in [5, 5.41) is 13.9. The van der Waals surface area contributed by atoms with Gasteiger partial charge in [-0.15, -0.1) is 0 Å². The Kier molecular flexibility index (Phi) is 3.83. The van der Waals surface area contributed by atoms with Gasteiger partial charge < -0.3 is 15.2 Å². The molecule has 4 aliphatic rings. The second-order valence-electron chi connectivity index (χ2n) is 8.28. The Balaban J connectivity index is 1.40. The SMILES string of the molecule is COc1ccccc1CCNC(=O)C12C[C@H]3C[C@@H](CC(O)(C3)C1)C2. The number of carbonyl (C=O) groups is 1. The van der Waals surface area contributed by atoms with Crippen LogP contribution in [0, 0.1) is 17.3 Å². The van der Waals surface area contributed by atoms with E-state index >= 15 is 0 Å². The van der Waals surface area contributed by atoms with Gasteiger partial charge in [0.2, 0.25) is 5.91 Å². The van der Waals surface area contributed by atoms with Gasteiger partial charge in [0.15, 0.2) is 0 Å². The molecule has 4 bridgehead atoms.